The van der Waals surface area contributed by atoms with Gasteiger partial charge in [-0.3, -0.25) is 9.48 Å². The van der Waals surface area contributed by atoms with Crippen molar-refractivity contribution < 1.29 is 23.1 Å². The molecule has 7 nitrogen and oxygen atoms in total. The number of fused-ring (bicyclic) bond motifs is 1. The highest BCUT2D eigenvalue weighted by Crippen LogP contribution is 2.35. The Balaban J connectivity index is 1.36. The van der Waals surface area contributed by atoms with Crippen molar-refractivity contribution >= 4 is 45.4 Å². The number of nitrogens with zero attached hydrogens (tertiary/aromatic N) is 4. The summed E-state index contributed by atoms with van der Waals surface area (Å²) in [6.45, 7) is 7.35. The van der Waals surface area contributed by atoms with Gasteiger partial charge in [0.25, 0.3) is 5.91 Å². The summed E-state index contributed by atoms with van der Waals surface area (Å²) >= 11 is 1.30. The van der Waals surface area contributed by atoms with Crippen LogP contribution in [0, 0.1) is 0 Å². The predicted molar refractivity (Wildman–Crippen MR) is 143 cm³/mol. The van der Waals surface area contributed by atoms with Crippen molar-refractivity contribution in [2.45, 2.75) is 25.7 Å². The molecule has 198 valence electrons. The lowest BCUT2D eigenvalue weighted by Crippen LogP contribution is -2.53. The molecule has 1 fully saturated rings. The number of halogens is 3. The molecule has 3 aromatic rings. The Labute approximate surface area is 221 Å². The third kappa shape index (κ3) is 5.40. The number of hydrogen-bond acceptors (Lipinski definition) is 6. The van der Waals surface area contributed by atoms with Gasteiger partial charge in [-0.05, 0) is 59.7 Å². The van der Waals surface area contributed by atoms with E-state index in [0.717, 1.165) is 17.0 Å². The van der Waals surface area contributed by atoms with E-state index in [1.54, 1.807) is 37.4 Å². The van der Waals surface area contributed by atoms with Crippen molar-refractivity contribution in [2.24, 2.45) is 4.99 Å². The lowest BCUT2D eigenvalue weighted by molar-refractivity contribution is -0.138. The smallest absolute Gasteiger partial charge is 0.395 e. The van der Waals surface area contributed by atoms with Crippen LogP contribution in [0.2, 0.25) is 0 Å². The molecule has 1 unspecified atom stereocenters. The Bertz CT molecular complexity index is 1480. The number of aliphatic hydroxyl groups is 1. The summed E-state index contributed by atoms with van der Waals surface area (Å²) in [5.41, 5.74) is 1.87. The summed E-state index contributed by atoms with van der Waals surface area (Å²) < 4.78 is 42.9. The number of hydrogen-bond donors (Lipinski definition) is 2. The van der Waals surface area contributed by atoms with Crippen LogP contribution < -0.4 is 5.32 Å². The number of allylic oxidation sites excluding steroid dienone is 1. The Kier molecular flexibility index (Phi) is 7.17. The first-order valence-corrected chi connectivity index (χ1v) is 12.9. The number of carbonyl (C=O) groups excluding carboxylic acids is 1. The fourth-order valence-corrected chi connectivity index (χ4v) is 5.48. The van der Waals surface area contributed by atoms with Gasteiger partial charge in [0.05, 0.1) is 35.3 Å². The lowest BCUT2D eigenvalue weighted by Gasteiger charge is -2.33. The summed E-state index contributed by atoms with van der Waals surface area (Å²) in [6.07, 6.45) is -1.14. The van der Waals surface area contributed by atoms with Crippen LogP contribution in [0.5, 0.6) is 0 Å². The molecule has 0 saturated carbocycles. The number of carbonyl (C=O) groups is 1. The first-order chi connectivity index (χ1) is 18.1. The van der Waals surface area contributed by atoms with Gasteiger partial charge in [0.2, 0.25) is 0 Å². The number of rotatable bonds is 5. The van der Waals surface area contributed by atoms with E-state index in [0.29, 0.717) is 46.4 Å². The molecule has 1 amide bonds. The molecule has 11 heteroatoms. The topological polar surface area (TPSA) is 82.8 Å². The second kappa shape index (κ2) is 10.4. The van der Waals surface area contributed by atoms with Crippen LogP contribution in [-0.4, -0.2) is 63.1 Å². The third-order valence-corrected chi connectivity index (χ3v) is 7.59. The Morgan fingerprint density at radius 1 is 1.29 bits per heavy atom. The zero-order valence-corrected chi connectivity index (χ0v) is 21.4. The van der Waals surface area contributed by atoms with E-state index in [1.165, 1.54) is 22.5 Å². The van der Waals surface area contributed by atoms with E-state index in [-0.39, 0.29) is 30.7 Å². The van der Waals surface area contributed by atoms with Crippen molar-refractivity contribution in [1.29, 1.82) is 0 Å². The van der Waals surface area contributed by atoms with Gasteiger partial charge in [-0.1, -0.05) is 30.4 Å². The molecule has 1 aromatic heterocycles. The third-order valence-electron chi connectivity index (χ3n) is 6.55. The molecule has 0 spiro atoms. The largest absolute Gasteiger partial charge is 0.416 e. The number of aliphatic hydroxyl groups excluding tert-OH is 1. The van der Waals surface area contributed by atoms with E-state index in [2.05, 4.69) is 22.0 Å². The number of amides is 1. The van der Waals surface area contributed by atoms with Crippen molar-refractivity contribution in [3.8, 4) is 0 Å². The first-order valence-electron chi connectivity index (χ1n) is 12.1. The maximum atomic E-state index is 13.8. The average molecular weight is 542 g/mol. The van der Waals surface area contributed by atoms with Crippen LogP contribution >= 0.6 is 11.8 Å². The molecule has 0 bridgehead atoms. The van der Waals surface area contributed by atoms with E-state index in [1.807, 2.05) is 11.0 Å². The van der Waals surface area contributed by atoms with E-state index < -0.39 is 11.7 Å². The molecule has 1 atom stereocenters. The second-order valence-electron chi connectivity index (χ2n) is 9.36. The zero-order chi connectivity index (χ0) is 27.0. The molecule has 1 saturated heterocycles. The fourth-order valence-electron chi connectivity index (χ4n) is 4.53. The van der Waals surface area contributed by atoms with Gasteiger partial charge in [0, 0.05) is 31.1 Å². The van der Waals surface area contributed by atoms with Crippen LogP contribution in [0.15, 0.2) is 59.1 Å². The molecule has 3 heterocycles. The standard InChI is InChI=1S/C27H26F3N5O2S/c1-16(2)18-4-5-19(22(11-18)27(28,29)30)13-35-23-6-3-17(9-20(23)12-32-35)10-24-25(37)33-26(38-24)34-8-7-31-21(14-34)15-36/h3-6,9-12,21,31,36H,1,7-8,13-15H2,2H3. The molecular formula is C27H26F3N5O2S. The van der Waals surface area contributed by atoms with Gasteiger partial charge < -0.3 is 15.3 Å². The SMILES string of the molecule is C=C(C)c1ccc(Cn2ncc3cc(C=C4SC(N5CCNC(CO)C5)=NC4=O)ccc32)c(C(F)(F)F)c1. The average Bonchev–Trinajstić information content (AvgIpc) is 3.46. The van der Waals surface area contributed by atoms with Crippen molar-refractivity contribution in [3.63, 3.8) is 0 Å². The maximum absolute atomic E-state index is 13.8. The van der Waals surface area contributed by atoms with Crippen LogP contribution in [0.1, 0.15) is 29.2 Å². The summed E-state index contributed by atoms with van der Waals surface area (Å²) in [4.78, 5) is 19.2. The van der Waals surface area contributed by atoms with E-state index in [9.17, 15) is 23.1 Å². The molecule has 38 heavy (non-hydrogen) atoms. The van der Waals surface area contributed by atoms with Gasteiger partial charge in [0.15, 0.2) is 5.17 Å². The van der Waals surface area contributed by atoms with Gasteiger partial charge >= 0.3 is 6.18 Å². The van der Waals surface area contributed by atoms with Gasteiger partial charge in [-0.25, -0.2) is 0 Å². The normalized spacial score (nSPS) is 19.4. The minimum atomic E-state index is -4.50. The molecule has 2 aromatic carbocycles. The number of amidine groups is 1. The first kappa shape index (κ1) is 26.2. The lowest BCUT2D eigenvalue weighted by atomic mass is 10.00. The Morgan fingerprint density at radius 2 is 2.11 bits per heavy atom. The van der Waals surface area contributed by atoms with Gasteiger partial charge in [-0.15, -0.1) is 0 Å². The highest BCUT2D eigenvalue weighted by molar-refractivity contribution is 8.18. The fraction of sp³-hybridized carbons (Fsp3) is 0.296. The molecule has 0 aliphatic carbocycles. The number of piperazine rings is 1. The highest BCUT2D eigenvalue weighted by atomic mass is 32.2. The van der Waals surface area contributed by atoms with Crippen LogP contribution in [0.25, 0.3) is 22.6 Å². The number of benzene rings is 2. The quantitative estimate of drug-likeness (QED) is 0.467. The van der Waals surface area contributed by atoms with Crippen LogP contribution in [0.4, 0.5) is 13.2 Å². The van der Waals surface area contributed by atoms with E-state index >= 15 is 0 Å². The van der Waals surface area contributed by atoms with Crippen LogP contribution in [-0.2, 0) is 17.5 Å². The number of aliphatic imine (C=N–C) groups is 1. The molecule has 0 radical (unpaired) electrons. The minimum absolute atomic E-state index is 0.0100. The number of thioether (sulfide) groups is 1. The van der Waals surface area contributed by atoms with Crippen molar-refractivity contribution in [3.05, 3.63) is 76.3 Å². The van der Waals surface area contributed by atoms with Gasteiger partial charge in [-0.2, -0.15) is 23.3 Å². The molecule has 2 N–H and O–H groups in total. The highest BCUT2D eigenvalue weighted by Gasteiger charge is 2.34. The summed E-state index contributed by atoms with van der Waals surface area (Å²) in [6, 6.07) is 9.62. The van der Waals surface area contributed by atoms with Crippen molar-refractivity contribution in [2.75, 3.05) is 26.2 Å². The number of aromatic nitrogens is 2. The summed E-state index contributed by atoms with van der Waals surface area (Å²) in [5, 5.41) is 18.3. The summed E-state index contributed by atoms with van der Waals surface area (Å²) in [5.74, 6) is -0.322. The second-order valence-corrected chi connectivity index (χ2v) is 10.4. The number of nitrogens with one attached hydrogen (secondary N) is 1. The monoisotopic (exact) mass is 541 g/mol. The van der Waals surface area contributed by atoms with Gasteiger partial charge in [0.1, 0.15) is 0 Å². The Morgan fingerprint density at radius 3 is 2.84 bits per heavy atom. The zero-order valence-electron chi connectivity index (χ0n) is 20.6. The Hall–Kier alpha value is -3.41. The maximum Gasteiger partial charge on any atom is 0.416 e. The number of alkyl halides is 3. The molecule has 2 aliphatic rings. The molecule has 5 rings (SSSR count). The molecule has 2 aliphatic heterocycles. The molecular weight excluding hydrogens is 515 g/mol. The van der Waals surface area contributed by atoms with Crippen molar-refractivity contribution in [1.82, 2.24) is 20.0 Å². The predicted octanol–water partition coefficient (Wildman–Crippen LogP) is 4.37. The summed E-state index contributed by atoms with van der Waals surface area (Å²) in [7, 11) is 0. The van der Waals surface area contributed by atoms with E-state index in [4.69, 9.17) is 0 Å². The minimum Gasteiger partial charge on any atom is -0.395 e. The van der Waals surface area contributed by atoms with Crippen LogP contribution in [0.3, 0.4) is 0 Å².